The summed E-state index contributed by atoms with van der Waals surface area (Å²) in [4.78, 5) is 0. The van der Waals surface area contributed by atoms with Crippen LogP contribution in [0.2, 0.25) is 0 Å². The Morgan fingerprint density at radius 2 is 2.00 bits per heavy atom. The molecule has 0 fully saturated rings. The molecule has 0 aliphatic heterocycles. The Hall–Kier alpha value is -0.480. The van der Waals surface area contributed by atoms with Crippen LogP contribution in [0.5, 0.6) is 0 Å². The van der Waals surface area contributed by atoms with Crippen LogP contribution >= 0.6 is 15.9 Å². The summed E-state index contributed by atoms with van der Waals surface area (Å²) < 4.78 is 28.1. The molecular weight excluding hydrogens is 288 g/mol. The van der Waals surface area contributed by atoms with Crippen molar-refractivity contribution in [3.8, 4) is 0 Å². The second kappa shape index (κ2) is 5.91. The van der Waals surface area contributed by atoms with E-state index in [1.165, 1.54) is 19.2 Å². The van der Waals surface area contributed by atoms with E-state index in [9.17, 15) is 8.78 Å². The summed E-state index contributed by atoms with van der Waals surface area (Å²) in [5.74, 6) is -2.32. The molecule has 1 aromatic carbocycles. The van der Waals surface area contributed by atoms with E-state index < -0.39 is 5.92 Å². The Morgan fingerprint density at radius 3 is 2.47 bits per heavy atom. The molecule has 0 saturated heterocycles. The molecule has 0 bridgehead atoms. The fraction of sp³-hybridized carbons (Fsp3) is 0.538. The van der Waals surface area contributed by atoms with Gasteiger partial charge in [0, 0.05) is 10.0 Å². The third-order valence-corrected chi connectivity index (χ3v) is 3.24. The Bertz CT molecular complexity index is 378. The van der Waals surface area contributed by atoms with Crippen molar-refractivity contribution in [3.63, 3.8) is 0 Å². The summed E-state index contributed by atoms with van der Waals surface area (Å²) in [5.41, 5.74) is 1.12. The molecule has 0 heterocycles. The second-order valence-electron chi connectivity index (χ2n) is 4.64. The number of halogens is 3. The van der Waals surface area contributed by atoms with Crippen molar-refractivity contribution in [2.45, 2.75) is 26.2 Å². The van der Waals surface area contributed by atoms with Gasteiger partial charge in [-0.1, -0.05) is 41.9 Å². The molecule has 1 aromatic rings. The summed E-state index contributed by atoms with van der Waals surface area (Å²) in [6, 6.07) is 4.82. The van der Waals surface area contributed by atoms with E-state index in [1.54, 1.807) is 6.07 Å². The summed E-state index contributed by atoms with van der Waals surface area (Å²) >= 11 is 3.37. The van der Waals surface area contributed by atoms with Crippen molar-refractivity contribution in [1.82, 2.24) is 5.32 Å². The first kappa shape index (κ1) is 14.6. The lowest BCUT2D eigenvalue weighted by Crippen LogP contribution is -2.28. The number of nitrogens with one attached hydrogen (secondary N) is 1. The standard InChI is InChI=1S/C13H18BrF2N/c1-9(2)6-10-4-5-11(7-12(10)14)13(15,16)8-17-3/h4-5,7,9,17H,6,8H2,1-3H3. The summed E-state index contributed by atoms with van der Waals surface area (Å²) in [6.45, 7) is 3.87. The van der Waals surface area contributed by atoms with E-state index in [4.69, 9.17) is 0 Å². The van der Waals surface area contributed by atoms with Crippen LogP contribution in [0.4, 0.5) is 8.78 Å². The lowest BCUT2D eigenvalue weighted by molar-refractivity contribution is -0.00132. The van der Waals surface area contributed by atoms with Crippen molar-refractivity contribution < 1.29 is 8.78 Å². The van der Waals surface area contributed by atoms with Gasteiger partial charge in [0.1, 0.15) is 0 Å². The van der Waals surface area contributed by atoms with E-state index in [1.807, 2.05) is 0 Å². The third-order valence-electron chi connectivity index (χ3n) is 2.50. The number of benzene rings is 1. The van der Waals surface area contributed by atoms with Gasteiger partial charge >= 0.3 is 0 Å². The van der Waals surface area contributed by atoms with Crippen molar-refractivity contribution >= 4 is 15.9 Å². The highest BCUT2D eigenvalue weighted by molar-refractivity contribution is 9.10. The molecule has 0 amide bonds. The van der Waals surface area contributed by atoms with Gasteiger partial charge in [0.25, 0.3) is 5.92 Å². The van der Waals surface area contributed by atoms with Crippen molar-refractivity contribution in [2.75, 3.05) is 13.6 Å². The smallest absolute Gasteiger partial charge is 0.285 e. The van der Waals surface area contributed by atoms with Gasteiger partial charge in [-0.3, -0.25) is 0 Å². The van der Waals surface area contributed by atoms with Crippen molar-refractivity contribution in [3.05, 3.63) is 33.8 Å². The molecule has 1 rings (SSSR count). The zero-order valence-electron chi connectivity index (χ0n) is 10.4. The molecule has 0 spiro atoms. The number of hydrogen-bond donors (Lipinski definition) is 1. The normalized spacial score (nSPS) is 12.2. The maximum absolute atomic E-state index is 13.6. The average Bonchev–Trinajstić information content (AvgIpc) is 2.20. The van der Waals surface area contributed by atoms with E-state index in [-0.39, 0.29) is 12.1 Å². The minimum Gasteiger partial charge on any atom is -0.314 e. The zero-order chi connectivity index (χ0) is 13.1. The largest absolute Gasteiger partial charge is 0.314 e. The van der Waals surface area contributed by atoms with Gasteiger partial charge in [-0.2, -0.15) is 8.78 Å². The molecule has 4 heteroatoms. The maximum Gasteiger partial charge on any atom is 0.285 e. The topological polar surface area (TPSA) is 12.0 Å². The molecule has 0 unspecified atom stereocenters. The van der Waals surface area contributed by atoms with Crippen molar-refractivity contribution in [1.29, 1.82) is 0 Å². The molecule has 17 heavy (non-hydrogen) atoms. The van der Waals surface area contributed by atoms with Gasteiger partial charge in [-0.05, 0) is 31.0 Å². The molecule has 0 aliphatic rings. The Morgan fingerprint density at radius 1 is 1.35 bits per heavy atom. The van der Waals surface area contributed by atoms with Gasteiger partial charge < -0.3 is 5.32 Å². The van der Waals surface area contributed by atoms with Crippen LogP contribution in [0.1, 0.15) is 25.0 Å². The zero-order valence-corrected chi connectivity index (χ0v) is 11.9. The summed E-state index contributed by atoms with van der Waals surface area (Å²) in [6.07, 6.45) is 0.887. The fourth-order valence-corrected chi connectivity index (χ4v) is 2.24. The predicted octanol–water partition coefficient (Wildman–Crippen LogP) is 3.96. The summed E-state index contributed by atoms with van der Waals surface area (Å²) in [7, 11) is 1.52. The molecular formula is C13H18BrF2N. The minimum absolute atomic E-state index is 0.0474. The highest BCUT2D eigenvalue weighted by Gasteiger charge is 2.30. The number of alkyl halides is 2. The highest BCUT2D eigenvalue weighted by Crippen LogP contribution is 2.31. The van der Waals surface area contributed by atoms with Crippen LogP contribution in [0.25, 0.3) is 0 Å². The number of likely N-dealkylation sites (N-methyl/N-ethyl adjacent to an activating group) is 1. The van der Waals surface area contributed by atoms with Crippen LogP contribution in [0.15, 0.2) is 22.7 Å². The monoisotopic (exact) mass is 305 g/mol. The van der Waals surface area contributed by atoms with Gasteiger partial charge in [-0.15, -0.1) is 0 Å². The lowest BCUT2D eigenvalue weighted by Gasteiger charge is -2.18. The Kier molecular flexibility index (Phi) is 5.07. The van der Waals surface area contributed by atoms with Crippen LogP contribution < -0.4 is 5.32 Å². The van der Waals surface area contributed by atoms with Crippen LogP contribution in [-0.2, 0) is 12.3 Å². The maximum atomic E-state index is 13.6. The SMILES string of the molecule is CNCC(F)(F)c1ccc(CC(C)C)c(Br)c1. The average molecular weight is 306 g/mol. The molecule has 0 saturated carbocycles. The van der Waals surface area contributed by atoms with Gasteiger partial charge in [-0.25, -0.2) is 0 Å². The van der Waals surface area contributed by atoms with Gasteiger partial charge in [0.2, 0.25) is 0 Å². The molecule has 0 radical (unpaired) electrons. The molecule has 0 atom stereocenters. The first-order chi connectivity index (χ1) is 7.86. The van der Waals surface area contributed by atoms with Crippen molar-refractivity contribution in [2.24, 2.45) is 5.92 Å². The fourth-order valence-electron chi connectivity index (χ4n) is 1.70. The summed E-state index contributed by atoms with van der Waals surface area (Å²) in [5, 5.41) is 2.51. The van der Waals surface area contributed by atoms with Crippen LogP contribution in [-0.4, -0.2) is 13.6 Å². The lowest BCUT2D eigenvalue weighted by atomic mass is 10.00. The molecule has 0 aliphatic carbocycles. The van der Waals surface area contributed by atoms with Crippen LogP contribution in [0.3, 0.4) is 0 Å². The minimum atomic E-state index is -2.83. The Balaban J connectivity index is 2.95. The quantitative estimate of drug-likeness (QED) is 0.868. The molecule has 0 aromatic heterocycles. The van der Waals surface area contributed by atoms with Gasteiger partial charge in [0.15, 0.2) is 0 Å². The first-order valence-electron chi connectivity index (χ1n) is 5.68. The highest BCUT2D eigenvalue weighted by atomic mass is 79.9. The second-order valence-corrected chi connectivity index (χ2v) is 5.49. The van der Waals surface area contributed by atoms with Gasteiger partial charge in [0.05, 0.1) is 6.54 Å². The van der Waals surface area contributed by atoms with E-state index in [0.717, 1.165) is 16.5 Å². The van der Waals surface area contributed by atoms with E-state index in [0.29, 0.717) is 5.92 Å². The molecule has 96 valence electrons. The third kappa shape index (κ3) is 4.03. The number of hydrogen-bond acceptors (Lipinski definition) is 1. The molecule has 1 N–H and O–H groups in total. The van der Waals surface area contributed by atoms with E-state index >= 15 is 0 Å². The van der Waals surface area contributed by atoms with Crippen LogP contribution in [0, 0.1) is 5.92 Å². The number of rotatable bonds is 5. The Labute approximate surface area is 110 Å². The first-order valence-corrected chi connectivity index (χ1v) is 6.47. The predicted molar refractivity (Wildman–Crippen MR) is 70.5 cm³/mol. The molecule has 1 nitrogen and oxygen atoms in total. The van der Waals surface area contributed by atoms with E-state index in [2.05, 4.69) is 35.1 Å².